The van der Waals surface area contributed by atoms with Crippen LogP contribution in [0.1, 0.15) is 40.8 Å². The van der Waals surface area contributed by atoms with Crippen LogP contribution in [0.5, 0.6) is 0 Å². The minimum Gasteiger partial charge on any atom is -0.273 e. The quantitative estimate of drug-likeness (QED) is 0.761. The molecule has 0 bridgehead atoms. The molecule has 4 rings (SSSR count). The summed E-state index contributed by atoms with van der Waals surface area (Å²) in [5, 5.41) is 0. The maximum absolute atomic E-state index is 15.0. The van der Waals surface area contributed by atoms with E-state index in [0.717, 1.165) is 47.4 Å². The Balaban J connectivity index is 1.92. The van der Waals surface area contributed by atoms with Crippen molar-refractivity contribution in [2.24, 2.45) is 0 Å². The Labute approximate surface area is 155 Å². The van der Waals surface area contributed by atoms with E-state index in [4.69, 9.17) is 11.6 Å². The Morgan fingerprint density at radius 2 is 1.88 bits per heavy atom. The van der Waals surface area contributed by atoms with E-state index in [1.807, 2.05) is 0 Å². The first kappa shape index (κ1) is 17.3. The van der Waals surface area contributed by atoms with Crippen LogP contribution in [0, 0.1) is 18.6 Å². The van der Waals surface area contributed by atoms with Gasteiger partial charge in [-0.25, -0.2) is 23.6 Å². The third kappa shape index (κ3) is 2.58. The molecule has 0 fully saturated rings. The number of alkyl halides is 1. The maximum Gasteiger partial charge on any atom is 0.248 e. The van der Waals surface area contributed by atoms with Crippen molar-refractivity contribution >= 4 is 29.1 Å². The molecule has 2 aliphatic carbocycles. The van der Waals surface area contributed by atoms with E-state index in [0.29, 0.717) is 24.0 Å². The van der Waals surface area contributed by atoms with Crippen molar-refractivity contribution < 1.29 is 13.6 Å². The Morgan fingerprint density at radius 1 is 1.15 bits per heavy atom. The summed E-state index contributed by atoms with van der Waals surface area (Å²) in [6.07, 6.45) is 6.26. The third-order valence-corrected chi connectivity index (χ3v) is 5.51. The summed E-state index contributed by atoms with van der Waals surface area (Å²) >= 11 is 5.76. The molecule has 1 aromatic carbocycles. The van der Waals surface area contributed by atoms with Crippen LogP contribution in [0.3, 0.4) is 0 Å². The van der Waals surface area contributed by atoms with E-state index in [2.05, 4.69) is 9.97 Å². The van der Waals surface area contributed by atoms with Crippen LogP contribution < -0.4 is 4.90 Å². The molecule has 0 radical (unpaired) electrons. The third-order valence-electron chi connectivity index (χ3n) is 5.28. The maximum atomic E-state index is 15.0. The molecule has 0 spiro atoms. The monoisotopic (exact) mass is 377 g/mol. The van der Waals surface area contributed by atoms with Crippen molar-refractivity contribution in [3.8, 4) is 0 Å². The lowest BCUT2D eigenvalue weighted by molar-refractivity contribution is -0.115. The fourth-order valence-electron chi connectivity index (χ4n) is 4.02. The number of hydrogen-bond acceptors (Lipinski definition) is 3. The van der Waals surface area contributed by atoms with E-state index < -0.39 is 17.5 Å². The van der Waals surface area contributed by atoms with Crippen LogP contribution in [0.2, 0.25) is 0 Å². The Bertz CT molecular complexity index is 916. The second kappa shape index (κ2) is 6.58. The molecule has 4 nitrogen and oxygen atoms in total. The highest BCUT2D eigenvalue weighted by atomic mass is 35.5. The largest absolute Gasteiger partial charge is 0.273 e. The average molecular weight is 378 g/mol. The van der Waals surface area contributed by atoms with Gasteiger partial charge in [-0.3, -0.25) is 4.79 Å². The molecule has 1 heterocycles. The normalized spacial score (nSPS) is 15.1. The average Bonchev–Trinajstić information content (AvgIpc) is 3.31. The van der Waals surface area contributed by atoms with Gasteiger partial charge in [0.1, 0.15) is 5.88 Å². The van der Waals surface area contributed by atoms with Gasteiger partial charge in [0.2, 0.25) is 11.9 Å². The van der Waals surface area contributed by atoms with E-state index in [1.165, 1.54) is 0 Å². The molecule has 26 heavy (non-hydrogen) atoms. The van der Waals surface area contributed by atoms with Gasteiger partial charge in [0.05, 0.1) is 5.69 Å². The molecule has 0 N–H and O–H groups in total. The molecule has 0 saturated heterocycles. The molecule has 1 amide bonds. The first-order valence-electron chi connectivity index (χ1n) is 8.76. The lowest BCUT2D eigenvalue weighted by Gasteiger charge is -2.24. The van der Waals surface area contributed by atoms with Gasteiger partial charge in [-0.1, -0.05) is 0 Å². The molecule has 0 atom stereocenters. The second-order valence-electron chi connectivity index (χ2n) is 6.77. The number of carbonyl (C=O) groups is 1. The van der Waals surface area contributed by atoms with Crippen molar-refractivity contribution in [1.29, 1.82) is 0 Å². The molecular weight excluding hydrogens is 360 g/mol. The van der Waals surface area contributed by atoms with Gasteiger partial charge >= 0.3 is 0 Å². The smallest absolute Gasteiger partial charge is 0.248 e. The molecular formula is C19H18ClF2N3O. The van der Waals surface area contributed by atoms with Gasteiger partial charge in [0.15, 0.2) is 11.6 Å². The predicted molar refractivity (Wildman–Crippen MR) is 95.0 cm³/mol. The van der Waals surface area contributed by atoms with Crippen LogP contribution in [0.25, 0.3) is 0 Å². The number of hydrogen-bond donors (Lipinski definition) is 0. The molecule has 1 aromatic heterocycles. The van der Waals surface area contributed by atoms with Crippen LogP contribution in [0.15, 0.2) is 6.20 Å². The topological polar surface area (TPSA) is 46.1 Å². The van der Waals surface area contributed by atoms with Crippen molar-refractivity contribution in [2.45, 2.75) is 45.4 Å². The lowest BCUT2D eigenvalue weighted by Crippen LogP contribution is -2.31. The van der Waals surface area contributed by atoms with E-state index in [1.54, 1.807) is 13.1 Å². The highest BCUT2D eigenvalue weighted by Gasteiger charge is 2.32. The number of anilines is 2. The standard InChI is InChI=1S/C19H18ClF2N3O/c1-10-12-5-3-6-13(12)16(21)17(22)18(10)25(15(26)8-20)19-23-9-11-4-2-7-14(11)24-19/h9H,2-8H2,1H3. The number of nitrogens with zero attached hydrogens (tertiary/aromatic N) is 3. The Hall–Kier alpha value is -2.08. The van der Waals surface area contributed by atoms with Crippen molar-refractivity contribution in [1.82, 2.24) is 9.97 Å². The summed E-state index contributed by atoms with van der Waals surface area (Å²) in [5.74, 6) is -2.82. The first-order chi connectivity index (χ1) is 12.5. The number of fused-ring (bicyclic) bond motifs is 2. The zero-order valence-electron chi connectivity index (χ0n) is 14.4. The number of carbonyl (C=O) groups excluding carboxylic acids is 1. The van der Waals surface area contributed by atoms with Gasteiger partial charge in [0.25, 0.3) is 0 Å². The van der Waals surface area contributed by atoms with Gasteiger partial charge in [0, 0.05) is 11.9 Å². The highest BCUT2D eigenvalue weighted by Crippen LogP contribution is 2.39. The van der Waals surface area contributed by atoms with Crippen molar-refractivity contribution in [3.63, 3.8) is 0 Å². The minimum atomic E-state index is -1.04. The SMILES string of the molecule is Cc1c2c(c(F)c(F)c1N(C(=O)CCl)c1ncc3c(n1)CCC3)CCC2. The number of benzene rings is 1. The zero-order valence-corrected chi connectivity index (χ0v) is 15.2. The number of rotatable bonds is 3. The number of aromatic nitrogens is 2. The van der Waals surface area contributed by atoms with Crippen molar-refractivity contribution in [2.75, 3.05) is 10.8 Å². The number of halogens is 3. The zero-order chi connectivity index (χ0) is 18.4. The molecule has 7 heteroatoms. The summed E-state index contributed by atoms with van der Waals surface area (Å²) in [6, 6.07) is 0. The van der Waals surface area contributed by atoms with Crippen LogP contribution in [-0.2, 0) is 30.5 Å². The summed E-state index contributed by atoms with van der Waals surface area (Å²) in [4.78, 5) is 22.3. The molecule has 0 saturated carbocycles. The Morgan fingerprint density at radius 3 is 2.65 bits per heavy atom. The summed E-state index contributed by atoms with van der Waals surface area (Å²) in [5.41, 5.74) is 3.50. The number of aryl methyl sites for hydroxylation is 2. The van der Waals surface area contributed by atoms with E-state index in [9.17, 15) is 13.6 Å². The Kier molecular flexibility index (Phi) is 4.39. The van der Waals surface area contributed by atoms with Gasteiger partial charge in [-0.05, 0) is 67.7 Å². The first-order valence-corrected chi connectivity index (χ1v) is 9.29. The molecule has 0 unspecified atom stereocenters. The number of amides is 1. The summed E-state index contributed by atoms with van der Waals surface area (Å²) in [6.45, 7) is 1.71. The molecule has 136 valence electrons. The highest BCUT2D eigenvalue weighted by molar-refractivity contribution is 6.30. The molecule has 0 aliphatic heterocycles. The van der Waals surface area contributed by atoms with Crippen LogP contribution in [-0.4, -0.2) is 21.8 Å². The summed E-state index contributed by atoms with van der Waals surface area (Å²) in [7, 11) is 0. The minimum absolute atomic E-state index is 0.0515. The van der Waals surface area contributed by atoms with E-state index in [-0.39, 0.29) is 17.5 Å². The van der Waals surface area contributed by atoms with Crippen LogP contribution in [0.4, 0.5) is 20.4 Å². The van der Waals surface area contributed by atoms with Crippen LogP contribution >= 0.6 is 11.6 Å². The van der Waals surface area contributed by atoms with Crippen molar-refractivity contribution in [3.05, 3.63) is 45.8 Å². The predicted octanol–water partition coefficient (Wildman–Crippen LogP) is 3.94. The fraction of sp³-hybridized carbons (Fsp3) is 0.421. The van der Waals surface area contributed by atoms with Gasteiger partial charge in [-0.15, -0.1) is 11.6 Å². The van der Waals surface area contributed by atoms with Gasteiger partial charge < -0.3 is 0 Å². The lowest BCUT2D eigenvalue weighted by atomic mass is 10.0. The fourth-order valence-corrected chi connectivity index (χ4v) is 4.14. The summed E-state index contributed by atoms with van der Waals surface area (Å²) < 4.78 is 29.6. The van der Waals surface area contributed by atoms with Gasteiger partial charge in [-0.2, -0.15) is 0 Å². The van der Waals surface area contributed by atoms with E-state index >= 15 is 0 Å². The molecule has 2 aromatic rings. The second-order valence-corrected chi connectivity index (χ2v) is 7.04. The molecule has 2 aliphatic rings.